The molecule has 0 aliphatic rings. The molecule has 0 bridgehead atoms. The molecule has 0 fully saturated rings. The van der Waals surface area contributed by atoms with E-state index in [1.54, 1.807) is 6.26 Å². The van der Waals surface area contributed by atoms with Crippen LogP contribution in [0.5, 0.6) is 0 Å². The second-order valence-electron chi connectivity index (χ2n) is 3.00. The second-order valence-corrected chi connectivity index (χ2v) is 3.75. The lowest BCUT2D eigenvalue weighted by Crippen LogP contribution is -2.68. The highest BCUT2D eigenvalue weighted by atomic mass is 35.7. The van der Waals surface area contributed by atoms with E-state index in [1.165, 1.54) is 0 Å². The van der Waals surface area contributed by atoms with E-state index in [9.17, 15) is 0 Å². The molecule has 0 saturated heterocycles. The van der Waals surface area contributed by atoms with Gasteiger partial charge in [0.25, 0.3) is 0 Å². The number of fused-ring (bicyclic) bond motifs is 1. The monoisotopic (exact) mass is 248 g/mol. The van der Waals surface area contributed by atoms with Crippen LogP contribution in [0.2, 0.25) is 0 Å². The molecule has 0 atom stereocenters. The summed E-state index contributed by atoms with van der Waals surface area (Å²) >= 11 is 0. The summed E-state index contributed by atoms with van der Waals surface area (Å²) < 4.78 is 44.5. The second kappa shape index (κ2) is 4.77. The van der Waals surface area contributed by atoms with Crippen LogP contribution in [0.25, 0.3) is 11.0 Å². The van der Waals surface area contributed by atoms with E-state index in [0.717, 1.165) is 22.5 Å². The molecule has 0 amide bonds. The van der Waals surface area contributed by atoms with E-state index in [0.29, 0.717) is 0 Å². The zero-order valence-electron chi connectivity index (χ0n) is 8.56. The first-order valence-electron chi connectivity index (χ1n) is 4.16. The summed E-state index contributed by atoms with van der Waals surface area (Å²) in [4.78, 5) is 0. The fourth-order valence-electron chi connectivity index (χ4n) is 1.26. The van der Waals surface area contributed by atoms with Crippen molar-refractivity contribution in [2.75, 3.05) is 0 Å². The first-order valence-corrected chi connectivity index (χ1v) is 5.40. The highest BCUT2D eigenvalue weighted by Gasteiger charge is 2.13. The minimum Gasteiger partial charge on any atom is -0.455 e. The van der Waals surface area contributed by atoms with Gasteiger partial charge in [0.2, 0.25) is 5.58 Å². The van der Waals surface area contributed by atoms with E-state index in [-0.39, 0.29) is 0 Å². The van der Waals surface area contributed by atoms with Crippen LogP contribution in [-0.2, 0) is 0 Å². The summed E-state index contributed by atoms with van der Waals surface area (Å²) in [5.74, 6) is 1.75. The van der Waals surface area contributed by atoms with Crippen molar-refractivity contribution >= 4 is 11.0 Å². The lowest BCUT2D eigenvalue weighted by molar-refractivity contribution is -2.00. The molecule has 7 heteroatoms. The molecule has 0 aliphatic heterocycles. The van der Waals surface area contributed by atoms with E-state index in [1.807, 2.05) is 26.0 Å². The summed E-state index contributed by atoms with van der Waals surface area (Å²) in [5, 5.41) is 1.10. The smallest absolute Gasteiger partial charge is 0.368 e. The molecule has 0 unspecified atom stereocenters. The molecular formula is C9H9ClO6. The maximum absolute atomic E-state index is 8.49. The number of furan rings is 1. The first kappa shape index (κ1) is 12.9. The molecule has 0 N–H and O–H groups in total. The van der Waals surface area contributed by atoms with Crippen molar-refractivity contribution in [1.29, 1.82) is 0 Å². The Hall–Kier alpha value is -1.18. The summed E-state index contributed by atoms with van der Waals surface area (Å²) in [6, 6.07) is 3.90. The van der Waals surface area contributed by atoms with E-state index in [4.69, 9.17) is 27.5 Å². The minimum absolute atomic E-state index is 0.838. The lowest BCUT2D eigenvalue weighted by Gasteiger charge is -2.17. The standard InChI is InChI=1S/C9H9O2.ClHO4/c1-6-5-8-3-4-10-9(8)7(2)11-6;2-1(3,4)5/h3-5H,1-2H3;(H,2,3,4,5)/q+1;/p-1. The van der Waals surface area contributed by atoms with Crippen LogP contribution in [0.15, 0.2) is 27.2 Å². The quantitative estimate of drug-likeness (QED) is 0.506. The first-order chi connectivity index (χ1) is 7.27. The van der Waals surface area contributed by atoms with Crippen molar-refractivity contribution < 1.29 is 37.7 Å². The third-order valence-corrected chi connectivity index (χ3v) is 1.69. The summed E-state index contributed by atoms with van der Waals surface area (Å²) in [5.41, 5.74) is 0.843. The molecule has 16 heavy (non-hydrogen) atoms. The number of rotatable bonds is 0. The number of halogens is 1. The SMILES string of the molecule is Cc1cc2ccoc2c(C)[o+]1.[O-][Cl+3]([O-])([O-])[O-]. The van der Waals surface area contributed by atoms with Gasteiger partial charge in [-0.3, -0.25) is 0 Å². The zero-order chi connectivity index (χ0) is 12.3. The average molecular weight is 249 g/mol. The van der Waals surface area contributed by atoms with Gasteiger partial charge in [0.05, 0.1) is 20.1 Å². The van der Waals surface area contributed by atoms with Crippen LogP contribution in [0.4, 0.5) is 0 Å². The molecular weight excluding hydrogens is 240 g/mol. The Labute approximate surface area is 93.1 Å². The third-order valence-electron chi connectivity index (χ3n) is 1.69. The predicted octanol–water partition coefficient (Wildman–Crippen LogP) is -1.83. The van der Waals surface area contributed by atoms with Gasteiger partial charge in [0.1, 0.15) is 0 Å². The lowest BCUT2D eigenvalue weighted by atomic mass is 10.2. The van der Waals surface area contributed by atoms with Crippen molar-refractivity contribution in [3.05, 3.63) is 29.9 Å². The topological polar surface area (TPSA) is 117 Å². The van der Waals surface area contributed by atoms with E-state index >= 15 is 0 Å². The highest BCUT2D eigenvalue weighted by Crippen LogP contribution is 2.20. The largest absolute Gasteiger partial charge is 0.455 e. The van der Waals surface area contributed by atoms with Crippen LogP contribution >= 0.6 is 0 Å². The Morgan fingerprint density at radius 3 is 2.31 bits per heavy atom. The molecule has 0 spiro atoms. The van der Waals surface area contributed by atoms with Gasteiger partial charge in [-0.1, -0.05) is 0 Å². The van der Waals surface area contributed by atoms with Gasteiger partial charge in [-0.2, -0.15) is 0 Å². The third kappa shape index (κ3) is 4.13. The fraction of sp³-hybridized carbons (Fsp3) is 0.222. The Morgan fingerprint density at radius 1 is 1.19 bits per heavy atom. The molecule has 0 aliphatic carbocycles. The summed E-state index contributed by atoms with van der Waals surface area (Å²) in [6.45, 7) is 3.83. The molecule has 6 nitrogen and oxygen atoms in total. The van der Waals surface area contributed by atoms with Crippen molar-refractivity contribution in [3.63, 3.8) is 0 Å². The van der Waals surface area contributed by atoms with Gasteiger partial charge in [-0.15, -0.1) is 10.2 Å². The molecule has 2 rings (SSSR count). The molecule has 2 aromatic heterocycles. The predicted molar refractivity (Wildman–Crippen MR) is 42.4 cm³/mol. The molecule has 2 heterocycles. The van der Waals surface area contributed by atoms with E-state index < -0.39 is 10.2 Å². The van der Waals surface area contributed by atoms with Gasteiger partial charge >= 0.3 is 11.5 Å². The average Bonchev–Trinajstić information content (AvgIpc) is 2.47. The molecule has 0 aromatic carbocycles. The van der Waals surface area contributed by atoms with Gasteiger partial charge in [-0.05, 0) is 6.07 Å². The Morgan fingerprint density at radius 2 is 1.75 bits per heavy atom. The van der Waals surface area contributed by atoms with Crippen molar-refractivity contribution in [2.45, 2.75) is 13.8 Å². The maximum atomic E-state index is 8.49. The highest BCUT2D eigenvalue weighted by molar-refractivity contribution is 5.78. The Balaban J connectivity index is 0.000000221. The van der Waals surface area contributed by atoms with E-state index in [2.05, 4.69) is 0 Å². The van der Waals surface area contributed by atoms with Gasteiger partial charge in [0, 0.05) is 11.5 Å². The number of hydrogen-bond acceptors (Lipinski definition) is 5. The minimum atomic E-state index is -4.94. The molecule has 0 saturated carbocycles. The van der Waals surface area contributed by atoms with Gasteiger partial charge in [0.15, 0.2) is 0 Å². The number of hydrogen-bond donors (Lipinski definition) is 0. The summed E-state index contributed by atoms with van der Waals surface area (Å²) in [7, 11) is -4.94. The van der Waals surface area contributed by atoms with Crippen LogP contribution in [-0.4, -0.2) is 0 Å². The van der Waals surface area contributed by atoms with Crippen LogP contribution in [0, 0.1) is 24.1 Å². The molecule has 0 radical (unpaired) electrons. The van der Waals surface area contributed by atoms with Gasteiger partial charge in [-0.25, -0.2) is 23.1 Å². The normalized spacial score (nSPS) is 11.1. The van der Waals surface area contributed by atoms with Crippen LogP contribution < -0.4 is 18.6 Å². The van der Waals surface area contributed by atoms with Crippen molar-refractivity contribution in [3.8, 4) is 0 Å². The Kier molecular flexibility index (Phi) is 3.84. The number of aryl methyl sites for hydroxylation is 2. The summed E-state index contributed by atoms with van der Waals surface area (Å²) in [6.07, 6.45) is 1.67. The molecule has 88 valence electrons. The van der Waals surface area contributed by atoms with Crippen molar-refractivity contribution in [2.24, 2.45) is 0 Å². The Bertz CT molecular complexity index is 466. The molecule has 2 aromatic rings. The van der Waals surface area contributed by atoms with Crippen LogP contribution in [0.3, 0.4) is 0 Å². The fourth-order valence-corrected chi connectivity index (χ4v) is 1.26. The van der Waals surface area contributed by atoms with Gasteiger partial charge < -0.3 is 4.42 Å². The zero-order valence-corrected chi connectivity index (χ0v) is 9.32. The maximum Gasteiger partial charge on any atom is 0.368 e. The van der Waals surface area contributed by atoms with Crippen LogP contribution in [0.1, 0.15) is 11.5 Å². The van der Waals surface area contributed by atoms with Crippen molar-refractivity contribution in [1.82, 2.24) is 0 Å².